The molecule has 0 saturated carbocycles. The third-order valence-electron chi connectivity index (χ3n) is 17.6. The number of thiazole rings is 1. The van der Waals surface area contributed by atoms with Crippen LogP contribution in [0.25, 0.3) is 0 Å². The largest absolute Gasteiger partial charge is 0.445 e. The number of aliphatic imine (C=N–C) groups is 1. The van der Waals surface area contributed by atoms with Crippen LogP contribution in [0.15, 0.2) is 83.3 Å². The molecule has 1 saturated heterocycles. The van der Waals surface area contributed by atoms with Crippen molar-refractivity contribution in [3.8, 4) is 0 Å². The number of urea groups is 1. The Morgan fingerprint density at radius 3 is 2.12 bits per heavy atom. The van der Waals surface area contributed by atoms with Gasteiger partial charge in [-0.25, -0.2) is 19.6 Å². The molecule has 526 valence electrons. The van der Waals surface area contributed by atoms with E-state index in [1.807, 2.05) is 70.3 Å². The monoisotopic (exact) mass is 1350 g/mol. The van der Waals surface area contributed by atoms with Gasteiger partial charge in [0.05, 0.1) is 48.6 Å². The van der Waals surface area contributed by atoms with Crippen LogP contribution in [0, 0.1) is 29.6 Å². The van der Waals surface area contributed by atoms with Crippen molar-refractivity contribution < 1.29 is 67.0 Å². The fourth-order valence-electron chi connectivity index (χ4n) is 11.8. The van der Waals surface area contributed by atoms with Crippen molar-refractivity contribution in [3.63, 3.8) is 0 Å². The Balaban J connectivity index is 1.15. The van der Waals surface area contributed by atoms with Crippen LogP contribution in [0.1, 0.15) is 149 Å². The van der Waals surface area contributed by atoms with E-state index in [9.17, 15) is 52.7 Å². The molecule has 1 unspecified atom stereocenters. The number of methoxy groups -OCH3 is 2. The van der Waals surface area contributed by atoms with Crippen molar-refractivity contribution in [1.82, 2.24) is 46.3 Å². The van der Waals surface area contributed by atoms with E-state index in [4.69, 9.17) is 19.9 Å². The maximum absolute atomic E-state index is 14.6. The number of ether oxygens (including phenoxy) is 3. The zero-order valence-corrected chi connectivity index (χ0v) is 58.4. The predicted octanol–water partition coefficient (Wildman–Crippen LogP) is 6.54. The molecule has 0 bridgehead atoms. The summed E-state index contributed by atoms with van der Waals surface area (Å²) < 4.78 is 17.6. The molecular formula is C69H100N12O14S. The molecule has 2 aliphatic heterocycles. The first kappa shape index (κ1) is 78.3. The normalized spacial score (nSPS) is 16.8. The van der Waals surface area contributed by atoms with E-state index in [1.54, 1.807) is 68.3 Å². The lowest BCUT2D eigenvalue weighted by Crippen LogP contribution is -2.54. The number of nitrogens with two attached hydrogens (primary N) is 1. The van der Waals surface area contributed by atoms with Crippen LogP contribution in [0.5, 0.6) is 0 Å². The Morgan fingerprint density at radius 2 is 1.52 bits per heavy atom. The summed E-state index contributed by atoms with van der Waals surface area (Å²) in [4.78, 5) is 159. The third kappa shape index (κ3) is 23.4. The van der Waals surface area contributed by atoms with Gasteiger partial charge in [-0.05, 0) is 99.8 Å². The van der Waals surface area contributed by atoms with Crippen molar-refractivity contribution in [2.24, 2.45) is 40.3 Å². The Hall–Kier alpha value is -8.43. The number of carbonyl (C=O) groups is 11. The van der Waals surface area contributed by atoms with E-state index in [1.165, 1.54) is 50.7 Å². The van der Waals surface area contributed by atoms with Crippen LogP contribution >= 0.6 is 11.3 Å². The molecule has 0 radical (unpaired) electrons. The third-order valence-corrected chi connectivity index (χ3v) is 18.4. The van der Waals surface area contributed by atoms with Crippen molar-refractivity contribution in [2.75, 3.05) is 46.2 Å². The zero-order chi connectivity index (χ0) is 70.8. The molecule has 0 spiro atoms. The molecule has 96 heavy (non-hydrogen) atoms. The standard InChI is InChI=1S/C69H100N12O14S/c1-13-44(6)59(53(93-11)39-57(85)80-36-21-25-52(80)60(94-12)45(7)61(86)76-51(64-71-34-37-96-64)38-46-22-16-14-17-23-46)79(10)65(89)49(42(2)3)40-73-66(90)69(8,9)78-68(92)95-41-47-27-29-48(30-28-47)74-62(87)50(24-20-33-72-67(70)91)75-63(88)58(43(4)5)77-54(82)26-18-15-19-35-81-55(83)31-32-56(81)84/h14,16-17,22-23,27-32,34,37,40,42-45,49-53,58-60H,13,15,18-21,24-26,33,35-36,38-39,41H2,1-12H3,(H,74,87)(H,75,88)(H,76,86)(H,77,82)(H,78,92)(H3,70,72,91)/t44-,45+,49?,50-,51-,52-,53+,58-,59-,60+/m0/s1. The maximum Gasteiger partial charge on any atom is 0.408 e. The minimum Gasteiger partial charge on any atom is -0.445 e. The molecule has 12 amide bonds. The molecule has 3 aromatic rings. The van der Waals surface area contributed by atoms with Crippen LogP contribution in [-0.4, -0.2) is 174 Å². The first-order chi connectivity index (χ1) is 45.6. The van der Waals surface area contributed by atoms with Gasteiger partial charge in [0.15, 0.2) is 0 Å². The second-order valence-electron chi connectivity index (χ2n) is 25.8. The summed E-state index contributed by atoms with van der Waals surface area (Å²) in [5.74, 6) is -6.25. The van der Waals surface area contributed by atoms with E-state index in [0.717, 1.165) is 15.5 Å². The molecule has 8 N–H and O–H groups in total. The van der Waals surface area contributed by atoms with E-state index in [2.05, 4.69) is 41.9 Å². The zero-order valence-electron chi connectivity index (χ0n) is 57.6. The average molecular weight is 1350 g/mol. The molecular weight excluding hydrogens is 1250 g/mol. The smallest absolute Gasteiger partial charge is 0.408 e. The highest BCUT2D eigenvalue weighted by atomic mass is 32.1. The maximum atomic E-state index is 14.6. The number of aromatic nitrogens is 1. The number of hydrogen-bond acceptors (Lipinski definition) is 16. The van der Waals surface area contributed by atoms with Gasteiger partial charge in [0.25, 0.3) is 17.7 Å². The summed E-state index contributed by atoms with van der Waals surface area (Å²) in [5.41, 5.74) is 5.53. The number of alkyl carbamates (subject to hydrolysis) is 1. The highest BCUT2D eigenvalue weighted by Crippen LogP contribution is 2.31. The fourth-order valence-corrected chi connectivity index (χ4v) is 12.4. The van der Waals surface area contributed by atoms with Crippen LogP contribution in [0.4, 0.5) is 15.3 Å². The van der Waals surface area contributed by atoms with Crippen molar-refractivity contribution in [2.45, 2.75) is 188 Å². The Labute approximate surface area is 567 Å². The molecule has 5 rings (SSSR count). The number of nitrogens with zero attached hydrogens (tertiary/aromatic N) is 5. The molecule has 3 heterocycles. The minimum absolute atomic E-state index is 0.0615. The highest BCUT2D eigenvalue weighted by molar-refractivity contribution is 7.09. The van der Waals surface area contributed by atoms with E-state index in [0.29, 0.717) is 62.7 Å². The molecule has 0 aliphatic carbocycles. The summed E-state index contributed by atoms with van der Waals surface area (Å²) in [6.45, 7) is 16.4. The molecule has 1 aromatic heterocycles. The molecule has 10 atom stereocenters. The van der Waals surface area contributed by atoms with Crippen LogP contribution in [-0.2, 0) is 70.4 Å². The van der Waals surface area contributed by atoms with Crippen LogP contribution < -0.4 is 37.6 Å². The number of imide groups is 1. The predicted molar refractivity (Wildman–Crippen MR) is 363 cm³/mol. The van der Waals surface area contributed by atoms with E-state index < -0.39 is 83.6 Å². The highest BCUT2D eigenvalue weighted by Gasteiger charge is 2.43. The van der Waals surface area contributed by atoms with Gasteiger partial charge < -0.3 is 61.6 Å². The number of anilines is 1. The van der Waals surface area contributed by atoms with E-state index >= 15 is 0 Å². The van der Waals surface area contributed by atoms with Gasteiger partial charge >= 0.3 is 12.1 Å². The molecule has 26 nitrogen and oxygen atoms in total. The lowest BCUT2D eigenvalue weighted by molar-refractivity contribution is -0.147. The summed E-state index contributed by atoms with van der Waals surface area (Å²) in [6.07, 6.45) is 7.51. The van der Waals surface area contributed by atoms with Gasteiger partial charge in [-0.1, -0.05) is 104 Å². The molecule has 2 aliphatic rings. The number of rotatable bonds is 38. The quantitative estimate of drug-likeness (QED) is 0.0182. The van der Waals surface area contributed by atoms with Gasteiger partial charge in [0, 0.05) is 83.0 Å². The molecule has 27 heteroatoms. The summed E-state index contributed by atoms with van der Waals surface area (Å²) in [7, 11) is 4.73. The number of benzene rings is 2. The minimum atomic E-state index is -1.59. The number of amides is 12. The average Bonchev–Trinajstić information content (AvgIpc) is 1.72. The van der Waals surface area contributed by atoms with Gasteiger partial charge in [-0.2, -0.15) is 0 Å². The van der Waals surface area contributed by atoms with Gasteiger partial charge in [-0.15, -0.1) is 11.3 Å². The SMILES string of the molecule is CC[C@H](C)[C@@H]([C@@H](CC(=O)N1CCC[C@H]1[C@H](OC)[C@@H](C)C(=O)N[C@@H](Cc1ccccc1)c1nccs1)OC)N(C)C(=O)C(C=NC(=O)C(C)(C)NC(=O)OCc1ccc(NC(=O)[C@H](CCCNC(N)=O)NC(=O)[C@@H](NC(=O)CCCCCN2C(=O)C=CC2=O)C(C)C)cc1)C(C)C. The van der Waals surface area contributed by atoms with Crippen molar-refractivity contribution >= 4 is 88.5 Å². The topological polar surface area (TPSA) is 349 Å². The second kappa shape index (κ2) is 38.3. The second-order valence-corrected chi connectivity index (χ2v) is 26.8. The van der Waals surface area contributed by atoms with Crippen molar-refractivity contribution in [3.05, 3.63) is 94.5 Å². The number of carbonyl (C=O) groups excluding carboxylic acids is 11. The lowest BCUT2D eigenvalue weighted by Gasteiger charge is -2.40. The number of likely N-dealkylation sites (tertiary alicyclic amines) is 1. The van der Waals surface area contributed by atoms with Crippen LogP contribution in [0.2, 0.25) is 0 Å². The summed E-state index contributed by atoms with van der Waals surface area (Å²) in [5, 5.41) is 19.2. The fraction of sp³-hybridized carbons (Fsp3) is 0.580. The number of hydrogen-bond donors (Lipinski definition) is 7. The number of primary amides is 1. The molecule has 1 fully saturated rings. The van der Waals surface area contributed by atoms with Gasteiger partial charge in [0.2, 0.25) is 35.4 Å². The van der Waals surface area contributed by atoms with Crippen molar-refractivity contribution in [1.29, 1.82) is 0 Å². The lowest BCUT2D eigenvalue weighted by atomic mass is 9.88. The number of nitrogens with one attached hydrogen (secondary N) is 6. The summed E-state index contributed by atoms with van der Waals surface area (Å²) >= 11 is 1.47. The molecule has 2 aromatic carbocycles. The summed E-state index contributed by atoms with van der Waals surface area (Å²) in [6, 6.07) is 12.0. The first-order valence-corrected chi connectivity index (χ1v) is 33.9. The van der Waals surface area contributed by atoms with Gasteiger partial charge in [0.1, 0.15) is 29.2 Å². The van der Waals surface area contributed by atoms with Gasteiger partial charge in [-0.3, -0.25) is 48.1 Å². The van der Waals surface area contributed by atoms with E-state index in [-0.39, 0.29) is 105 Å². The Morgan fingerprint density at radius 1 is 0.833 bits per heavy atom. The number of likely N-dealkylation sites (N-methyl/N-ethyl adjacent to an activating group) is 1. The Kier molecular flexibility index (Phi) is 31.3. The Bertz CT molecular complexity index is 3150. The number of unbranched alkanes of at least 4 members (excludes halogenated alkanes) is 2. The van der Waals surface area contributed by atoms with Crippen LogP contribution in [0.3, 0.4) is 0 Å². The first-order valence-electron chi connectivity index (χ1n) is 33.1.